The second-order valence-electron chi connectivity index (χ2n) is 10.6. The first kappa shape index (κ1) is 29.2. The van der Waals surface area contributed by atoms with Crippen molar-refractivity contribution >= 4 is 34.5 Å². The molecule has 1 saturated heterocycles. The summed E-state index contributed by atoms with van der Waals surface area (Å²) in [6.07, 6.45) is 6.69. The number of hydrogen-bond donors (Lipinski definition) is 3. The minimum Gasteiger partial charge on any atom is -0.388 e. The van der Waals surface area contributed by atoms with Crippen LogP contribution < -0.4 is 10.6 Å². The second kappa shape index (κ2) is 14.6. The molecule has 0 aliphatic carbocycles. The van der Waals surface area contributed by atoms with Gasteiger partial charge in [0.25, 0.3) is 0 Å². The Hall–Kier alpha value is -4.25. The van der Waals surface area contributed by atoms with E-state index in [4.69, 9.17) is 19.9 Å². The number of pyridine rings is 2. The molecule has 1 aromatic carbocycles. The molecular weight excluding hydrogens is 528 g/mol. The highest BCUT2D eigenvalue weighted by molar-refractivity contribution is 6.08. The first-order chi connectivity index (χ1) is 20.6. The van der Waals surface area contributed by atoms with Crippen molar-refractivity contribution in [2.75, 3.05) is 44.7 Å². The summed E-state index contributed by atoms with van der Waals surface area (Å²) in [5.41, 5.74) is 5.23. The zero-order valence-corrected chi connectivity index (χ0v) is 24.2. The molecule has 4 aromatic rings. The van der Waals surface area contributed by atoms with Crippen LogP contribution in [0.4, 0.5) is 11.6 Å². The fourth-order valence-corrected chi connectivity index (χ4v) is 4.67. The van der Waals surface area contributed by atoms with Crippen LogP contribution in [0, 0.1) is 5.41 Å². The average molecular weight is 567 g/mol. The van der Waals surface area contributed by atoms with E-state index < -0.39 is 0 Å². The van der Waals surface area contributed by atoms with E-state index in [1.165, 1.54) is 6.21 Å². The number of benzene rings is 1. The maximum Gasteiger partial charge on any atom is 0.154 e. The van der Waals surface area contributed by atoms with Gasteiger partial charge < -0.3 is 25.5 Å². The zero-order chi connectivity index (χ0) is 29.1. The predicted octanol–water partition coefficient (Wildman–Crippen LogP) is 4.78. The average Bonchev–Trinajstić information content (AvgIpc) is 3.02. The van der Waals surface area contributed by atoms with Gasteiger partial charge in [-0.1, -0.05) is 44.2 Å². The van der Waals surface area contributed by atoms with E-state index in [0.717, 1.165) is 60.6 Å². The Labute approximate surface area is 246 Å². The summed E-state index contributed by atoms with van der Waals surface area (Å²) >= 11 is 0. The van der Waals surface area contributed by atoms with Crippen molar-refractivity contribution in [2.24, 2.45) is 0 Å². The monoisotopic (exact) mass is 566 g/mol. The van der Waals surface area contributed by atoms with Crippen molar-refractivity contribution in [3.05, 3.63) is 89.9 Å². The highest BCUT2D eigenvalue weighted by Gasteiger charge is 2.17. The lowest BCUT2D eigenvalue weighted by Gasteiger charge is -2.30. The zero-order valence-electron chi connectivity index (χ0n) is 24.2. The van der Waals surface area contributed by atoms with Gasteiger partial charge in [-0.3, -0.25) is 9.88 Å². The lowest BCUT2D eigenvalue weighted by atomic mass is 10.1. The SMILES string of the molecule is CC(C)c1cnnc(Nc2ccc3ncc(/C(C=N)=C/NCC(CN4CCOCC4)OCc4ccccc4)cc3n2)c1. The third-order valence-corrected chi connectivity index (χ3v) is 7.12. The Morgan fingerprint density at radius 3 is 2.67 bits per heavy atom. The maximum atomic E-state index is 8.07. The Morgan fingerprint density at radius 1 is 1.05 bits per heavy atom. The molecule has 1 aliphatic heterocycles. The summed E-state index contributed by atoms with van der Waals surface area (Å²) < 4.78 is 11.8. The van der Waals surface area contributed by atoms with Crippen molar-refractivity contribution in [2.45, 2.75) is 32.5 Å². The van der Waals surface area contributed by atoms with Crippen molar-refractivity contribution in [1.29, 1.82) is 5.41 Å². The summed E-state index contributed by atoms with van der Waals surface area (Å²) in [4.78, 5) is 11.7. The van der Waals surface area contributed by atoms with E-state index in [1.807, 2.05) is 48.7 Å². The van der Waals surface area contributed by atoms with Gasteiger partial charge in [-0.25, -0.2) is 4.98 Å². The molecule has 0 spiro atoms. The van der Waals surface area contributed by atoms with Crippen LogP contribution in [0.3, 0.4) is 0 Å². The molecule has 10 heteroatoms. The minimum atomic E-state index is -0.0335. The van der Waals surface area contributed by atoms with Gasteiger partial charge in [-0.15, -0.1) is 5.10 Å². The summed E-state index contributed by atoms with van der Waals surface area (Å²) in [6.45, 7) is 9.47. The highest BCUT2D eigenvalue weighted by Crippen LogP contribution is 2.22. The molecule has 5 rings (SSSR count). The van der Waals surface area contributed by atoms with Crippen LogP contribution in [0.25, 0.3) is 16.6 Å². The molecule has 42 heavy (non-hydrogen) atoms. The van der Waals surface area contributed by atoms with Crippen LogP contribution in [0.15, 0.2) is 73.2 Å². The number of morpholine rings is 1. The van der Waals surface area contributed by atoms with E-state index in [2.05, 4.69) is 56.7 Å². The van der Waals surface area contributed by atoms with Gasteiger partial charge in [0.1, 0.15) is 5.82 Å². The van der Waals surface area contributed by atoms with Gasteiger partial charge in [0.2, 0.25) is 0 Å². The van der Waals surface area contributed by atoms with Gasteiger partial charge in [0.15, 0.2) is 5.82 Å². The van der Waals surface area contributed by atoms with Crippen molar-refractivity contribution < 1.29 is 9.47 Å². The number of rotatable bonds is 13. The Balaban J connectivity index is 1.27. The summed E-state index contributed by atoms with van der Waals surface area (Å²) in [5, 5.41) is 23.0. The molecule has 3 aromatic heterocycles. The number of fused-ring (bicyclic) bond motifs is 1. The van der Waals surface area contributed by atoms with Gasteiger partial charge in [-0.05, 0) is 41.3 Å². The second-order valence-corrected chi connectivity index (χ2v) is 10.6. The number of ether oxygens (including phenoxy) is 2. The predicted molar refractivity (Wildman–Crippen MR) is 166 cm³/mol. The van der Waals surface area contributed by atoms with Crippen molar-refractivity contribution in [3.8, 4) is 0 Å². The standard InChI is InChI=1S/C32H38N8O2/c1-23(2)25-15-32(39-36-19-25)38-31-9-8-29-30(37-31)14-26(18-35-29)27(16-33)17-34-20-28(21-40-10-12-41-13-11-40)42-22-24-6-4-3-5-7-24/h3-9,14-19,23,28,33-34H,10-13,20-22H2,1-2H3,(H,37,38,39)/b27-17+,33-16?. The maximum absolute atomic E-state index is 8.07. The van der Waals surface area contributed by atoms with Crippen LogP contribution in [-0.4, -0.2) is 76.8 Å². The molecule has 0 saturated carbocycles. The van der Waals surface area contributed by atoms with E-state index in [9.17, 15) is 0 Å². The number of hydrogen-bond acceptors (Lipinski definition) is 10. The molecule has 1 unspecified atom stereocenters. The van der Waals surface area contributed by atoms with Crippen LogP contribution in [-0.2, 0) is 16.1 Å². The Bertz CT molecular complexity index is 1490. The van der Waals surface area contributed by atoms with E-state index in [1.54, 1.807) is 12.4 Å². The topological polar surface area (TPSA) is 121 Å². The molecule has 4 heterocycles. The molecule has 218 valence electrons. The summed E-state index contributed by atoms with van der Waals surface area (Å²) in [7, 11) is 0. The quantitative estimate of drug-likeness (QED) is 0.196. The summed E-state index contributed by atoms with van der Waals surface area (Å²) in [5.74, 6) is 1.64. The minimum absolute atomic E-state index is 0.0335. The first-order valence-electron chi connectivity index (χ1n) is 14.3. The molecule has 0 radical (unpaired) electrons. The largest absolute Gasteiger partial charge is 0.388 e. The lowest BCUT2D eigenvalue weighted by Crippen LogP contribution is -2.44. The fourth-order valence-electron chi connectivity index (χ4n) is 4.67. The Morgan fingerprint density at radius 2 is 1.88 bits per heavy atom. The molecule has 0 bridgehead atoms. The van der Waals surface area contributed by atoms with Crippen molar-refractivity contribution in [1.82, 2.24) is 30.4 Å². The van der Waals surface area contributed by atoms with Crippen LogP contribution in [0.2, 0.25) is 0 Å². The fraction of sp³-hybridized carbons (Fsp3) is 0.344. The molecule has 1 atom stereocenters. The summed E-state index contributed by atoms with van der Waals surface area (Å²) in [6, 6.07) is 17.9. The van der Waals surface area contributed by atoms with Gasteiger partial charge in [0, 0.05) is 55.9 Å². The molecule has 3 N–H and O–H groups in total. The van der Waals surface area contributed by atoms with Gasteiger partial charge >= 0.3 is 0 Å². The first-order valence-corrected chi connectivity index (χ1v) is 14.3. The third-order valence-electron chi connectivity index (χ3n) is 7.12. The number of nitrogens with one attached hydrogen (secondary N) is 3. The van der Waals surface area contributed by atoms with Gasteiger partial charge in [-0.2, -0.15) is 5.10 Å². The van der Waals surface area contributed by atoms with E-state index in [0.29, 0.717) is 36.3 Å². The number of aromatic nitrogens is 4. The molecule has 10 nitrogen and oxygen atoms in total. The number of nitrogens with zero attached hydrogens (tertiary/aromatic N) is 5. The van der Waals surface area contributed by atoms with E-state index >= 15 is 0 Å². The Kier molecular flexibility index (Phi) is 10.2. The molecular formula is C32H38N8O2. The smallest absolute Gasteiger partial charge is 0.154 e. The molecule has 0 amide bonds. The van der Waals surface area contributed by atoms with Gasteiger partial charge in [0.05, 0.1) is 43.2 Å². The number of anilines is 2. The van der Waals surface area contributed by atoms with Crippen molar-refractivity contribution in [3.63, 3.8) is 0 Å². The van der Waals surface area contributed by atoms with E-state index in [-0.39, 0.29) is 6.10 Å². The lowest BCUT2D eigenvalue weighted by molar-refractivity contribution is -0.0162. The third kappa shape index (κ3) is 8.16. The molecule has 1 fully saturated rings. The molecule has 1 aliphatic rings. The van der Waals surface area contributed by atoms with Crippen LogP contribution in [0.5, 0.6) is 0 Å². The van der Waals surface area contributed by atoms with Crippen LogP contribution in [0.1, 0.15) is 36.5 Å². The van der Waals surface area contributed by atoms with Crippen LogP contribution >= 0.6 is 0 Å². The highest BCUT2D eigenvalue weighted by atomic mass is 16.5. The number of allylic oxidation sites excluding steroid dienone is 1. The normalized spacial score (nSPS) is 15.1.